The second kappa shape index (κ2) is 8.38. The molecule has 1 aliphatic rings. The Hall–Kier alpha value is -2.31. The molecule has 6 heteroatoms. The van der Waals surface area contributed by atoms with E-state index < -0.39 is 0 Å². The average molecular weight is 370 g/mol. The highest BCUT2D eigenvalue weighted by molar-refractivity contribution is 8.00. The Morgan fingerprint density at radius 3 is 2.73 bits per heavy atom. The van der Waals surface area contributed by atoms with Gasteiger partial charge >= 0.3 is 0 Å². The van der Waals surface area contributed by atoms with Crippen LogP contribution >= 0.6 is 11.8 Å². The number of thioether (sulfide) groups is 1. The number of hydrogen-bond acceptors (Lipinski definition) is 4. The van der Waals surface area contributed by atoms with Gasteiger partial charge in [0.2, 0.25) is 5.91 Å². The number of nitrogens with one attached hydrogen (secondary N) is 1. The number of hydrogen-bond donors (Lipinski definition) is 1. The van der Waals surface area contributed by atoms with Crippen LogP contribution in [0.4, 0.5) is 5.69 Å². The maximum atomic E-state index is 13.0. The maximum absolute atomic E-state index is 13.0. The van der Waals surface area contributed by atoms with Gasteiger partial charge in [-0.15, -0.1) is 11.8 Å². The number of nitrogens with zero attached hydrogens (tertiary/aromatic N) is 1. The van der Waals surface area contributed by atoms with E-state index in [-0.39, 0.29) is 17.1 Å². The van der Waals surface area contributed by atoms with Crippen molar-refractivity contribution in [3.8, 4) is 0 Å². The summed E-state index contributed by atoms with van der Waals surface area (Å²) in [6.07, 6.45) is 0. The fourth-order valence-electron chi connectivity index (χ4n) is 2.78. The van der Waals surface area contributed by atoms with Gasteiger partial charge in [0.1, 0.15) is 0 Å². The zero-order chi connectivity index (χ0) is 18.5. The second-order valence-electron chi connectivity index (χ2n) is 6.17. The van der Waals surface area contributed by atoms with Crippen molar-refractivity contribution in [2.45, 2.75) is 23.6 Å². The molecule has 2 amide bonds. The SMILES string of the molecule is COCCN(Cc1ccccc1)C(=O)c1ccc2c(c1)NC(=O)C(C)S2. The number of carbonyl (C=O) groups is 2. The van der Waals surface area contributed by atoms with Gasteiger partial charge in [-0.3, -0.25) is 9.59 Å². The maximum Gasteiger partial charge on any atom is 0.254 e. The highest BCUT2D eigenvalue weighted by Crippen LogP contribution is 2.36. The lowest BCUT2D eigenvalue weighted by Crippen LogP contribution is -2.33. The molecule has 0 saturated carbocycles. The summed E-state index contributed by atoms with van der Waals surface area (Å²) >= 11 is 1.51. The molecule has 136 valence electrons. The van der Waals surface area contributed by atoms with Crippen LogP contribution in [0.3, 0.4) is 0 Å². The van der Waals surface area contributed by atoms with Crippen molar-refractivity contribution in [3.63, 3.8) is 0 Å². The normalized spacial score (nSPS) is 15.9. The lowest BCUT2D eigenvalue weighted by Gasteiger charge is -2.25. The minimum atomic E-state index is -0.125. The van der Waals surface area contributed by atoms with E-state index in [1.807, 2.05) is 49.4 Å². The summed E-state index contributed by atoms with van der Waals surface area (Å²) in [5.74, 6) is -0.112. The van der Waals surface area contributed by atoms with Crippen molar-refractivity contribution in [2.75, 3.05) is 25.6 Å². The summed E-state index contributed by atoms with van der Waals surface area (Å²) in [6, 6.07) is 15.4. The molecule has 26 heavy (non-hydrogen) atoms. The molecule has 1 heterocycles. The van der Waals surface area contributed by atoms with Gasteiger partial charge in [-0.25, -0.2) is 0 Å². The van der Waals surface area contributed by atoms with E-state index in [2.05, 4.69) is 5.32 Å². The number of benzene rings is 2. The second-order valence-corrected chi connectivity index (χ2v) is 7.55. The largest absolute Gasteiger partial charge is 0.383 e. The van der Waals surface area contributed by atoms with Crippen LogP contribution in [0.25, 0.3) is 0 Å². The average Bonchev–Trinajstić information content (AvgIpc) is 2.66. The first kappa shape index (κ1) is 18.5. The Kier molecular flexibility index (Phi) is 5.96. The monoisotopic (exact) mass is 370 g/mol. The molecule has 1 unspecified atom stereocenters. The molecule has 0 aromatic heterocycles. The Morgan fingerprint density at radius 2 is 2.00 bits per heavy atom. The lowest BCUT2D eigenvalue weighted by atomic mass is 10.1. The minimum absolute atomic E-state index is 0.0346. The molecular formula is C20H22N2O3S. The molecule has 3 rings (SSSR count). The van der Waals surface area contributed by atoms with E-state index >= 15 is 0 Å². The predicted octanol–water partition coefficient (Wildman–Crippen LogP) is 3.41. The molecule has 0 aliphatic carbocycles. The Balaban J connectivity index is 1.82. The lowest BCUT2D eigenvalue weighted by molar-refractivity contribution is -0.115. The van der Waals surface area contributed by atoms with Crippen LogP contribution in [0.2, 0.25) is 0 Å². The van der Waals surface area contributed by atoms with Crippen molar-refractivity contribution in [2.24, 2.45) is 0 Å². The third-order valence-corrected chi connectivity index (χ3v) is 5.40. The zero-order valence-electron chi connectivity index (χ0n) is 14.9. The number of rotatable bonds is 6. The number of ether oxygens (including phenoxy) is 1. The smallest absolute Gasteiger partial charge is 0.254 e. The number of fused-ring (bicyclic) bond motifs is 1. The number of methoxy groups -OCH3 is 1. The summed E-state index contributed by atoms with van der Waals surface area (Å²) in [6.45, 7) is 3.35. The third-order valence-electron chi connectivity index (χ3n) is 4.23. The van der Waals surface area contributed by atoms with E-state index in [0.29, 0.717) is 30.9 Å². The van der Waals surface area contributed by atoms with Crippen LogP contribution in [0.15, 0.2) is 53.4 Å². The minimum Gasteiger partial charge on any atom is -0.383 e. The van der Waals surface area contributed by atoms with Crippen LogP contribution in [-0.4, -0.2) is 42.2 Å². The van der Waals surface area contributed by atoms with Crippen LogP contribution < -0.4 is 5.32 Å². The van der Waals surface area contributed by atoms with Gasteiger partial charge < -0.3 is 15.0 Å². The van der Waals surface area contributed by atoms with Crippen molar-refractivity contribution in [3.05, 3.63) is 59.7 Å². The van der Waals surface area contributed by atoms with Gasteiger partial charge in [0.15, 0.2) is 0 Å². The Morgan fingerprint density at radius 1 is 1.23 bits per heavy atom. The molecule has 5 nitrogen and oxygen atoms in total. The Bertz CT molecular complexity index is 795. The van der Waals surface area contributed by atoms with Crippen molar-refractivity contribution < 1.29 is 14.3 Å². The van der Waals surface area contributed by atoms with E-state index in [4.69, 9.17) is 4.74 Å². The summed E-state index contributed by atoms with van der Waals surface area (Å²) in [5, 5.41) is 2.76. The first-order chi connectivity index (χ1) is 12.6. The van der Waals surface area contributed by atoms with Gasteiger partial charge in [-0.1, -0.05) is 30.3 Å². The predicted molar refractivity (Wildman–Crippen MR) is 103 cm³/mol. The van der Waals surface area contributed by atoms with Crippen molar-refractivity contribution in [1.82, 2.24) is 4.90 Å². The van der Waals surface area contributed by atoms with Crippen LogP contribution in [0.5, 0.6) is 0 Å². The fourth-order valence-corrected chi connectivity index (χ4v) is 3.71. The molecular weight excluding hydrogens is 348 g/mol. The number of anilines is 1. The van der Waals surface area contributed by atoms with E-state index in [1.54, 1.807) is 18.1 Å². The number of carbonyl (C=O) groups excluding carboxylic acids is 2. The quantitative estimate of drug-likeness (QED) is 0.847. The molecule has 0 radical (unpaired) electrons. The van der Waals surface area contributed by atoms with E-state index in [9.17, 15) is 9.59 Å². The van der Waals surface area contributed by atoms with Gasteiger partial charge in [0, 0.05) is 30.7 Å². The van der Waals surface area contributed by atoms with Crippen molar-refractivity contribution in [1.29, 1.82) is 0 Å². The molecule has 2 aromatic carbocycles. The molecule has 1 N–H and O–H groups in total. The first-order valence-electron chi connectivity index (χ1n) is 8.52. The molecule has 0 spiro atoms. The highest BCUT2D eigenvalue weighted by atomic mass is 32.2. The summed E-state index contributed by atoms with van der Waals surface area (Å²) in [5.41, 5.74) is 2.33. The van der Waals surface area contributed by atoms with Crippen LogP contribution in [-0.2, 0) is 16.1 Å². The van der Waals surface area contributed by atoms with Gasteiger partial charge in [0.05, 0.1) is 17.5 Å². The van der Waals surface area contributed by atoms with Gasteiger partial charge in [-0.05, 0) is 30.7 Å². The molecule has 0 bridgehead atoms. The summed E-state index contributed by atoms with van der Waals surface area (Å²) < 4.78 is 5.16. The van der Waals surface area contributed by atoms with Gasteiger partial charge in [-0.2, -0.15) is 0 Å². The zero-order valence-corrected chi connectivity index (χ0v) is 15.7. The van der Waals surface area contributed by atoms with Gasteiger partial charge in [0.25, 0.3) is 5.91 Å². The molecule has 0 fully saturated rings. The first-order valence-corrected chi connectivity index (χ1v) is 9.40. The highest BCUT2D eigenvalue weighted by Gasteiger charge is 2.25. The molecule has 0 saturated heterocycles. The number of amides is 2. The fraction of sp³-hybridized carbons (Fsp3) is 0.300. The topological polar surface area (TPSA) is 58.6 Å². The Labute approximate surface area is 157 Å². The third kappa shape index (κ3) is 4.26. The van der Waals surface area contributed by atoms with E-state index in [0.717, 1.165) is 10.5 Å². The van der Waals surface area contributed by atoms with Crippen LogP contribution in [0, 0.1) is 0 Å². The molecule has 1 aliphatic heterocycles. The van der Waals surface area contributed by atoms with Crippen molar-refractivity contribution >= 4 is 29.3 Å². The molecule has 2 aromatic rings. The summed E-state index contributed by atoms with van der Waals surface area (Å²) in [4.78, 5) is 27.7. The summed E-state index contributed by atoms with van der Waals surface area (Å²) in [7, 11) is 1.62. The van der Waals surface area contributed by atoms with Crippen LogP contribution in [0.1, 0.15) is 22.8 Å². The van der Waals surface area contributed by atoms with E-state index in [1.165, 1.54) is 11.8 Å². The standard InChI is InChI=1S/C20H22N2O3S/c1-14-19(23)21-17-12-16(8-9-18(17)26-14)20(24)22(10-11-25-2)13-15-6-4-3-5-7-15/h3-9,12,14H,10-11,13H2,1-2H3,(H,21,23). The molecule has 1 atom stereocenters.